The maximum absolute atomic E-state index is 12.5. The average molecular weight is 380 g/mol. The first kappa shape index (κ1) is 19.5. The van der Waals surface area contributed by atoms with Crippen molar-refractivity contribution in [3.05, 3.63) is 59.4 Å². The quantitative estimate of drug-likeness (QED) is 0.650. The van der Waals surface area contributed by atoms with Gasteiger partial charge in [-0.3, -0.25) is 9.59 Å². The van der Waals surface area contributed by atoms with Crippen molar-refractivity contribution in [2.45, 2.75) is 33.1 Å². The predicted octanol–water partition coefficient (Wildman–Crippen LogP) is 3.91. The molecular formula is C22H24N2O4. The number of furan rings is 1. The number of amides is 2. The fraction of sp³-hybridized carbons (Fsp3) is 0.273. The van der Waals surface area contributed by atoms with E-state index in [1.165, 1.54) is 11.1 Å². The monoisotopic (exact) mass is 380 g/mol. The molecule has 1 heterocycles. The maximum atomic E-state index is 12.5. The van der Waals surface area contributed by atoms with Gasteiger partial charge in [-0.25, -0.2) is 0 Å². The Hall–Kier alpha value is -3.28. The fourth-order valence-corrected chi connectivity index (χ4v) is 3.17. The van der Waals surface area contributed by atoms with Crippen molar-refractivity contribution in [3.8, 4) is 5.75 Å². The third kappa shape index (κ3) is 4.52. The van der Waals surface area contributed by atoms with Crippen LogP contribution in [0.25, 0.3) is 11.0 Å². The minimum atomic E-state index is -0.541. The van der Waals surface area contributed by atoms with Crippen LogP contribution in [0.5, 0.6) is 5.75 Å². The normalized spacial score (nSPS) is 11.0. The fourth-order valence-electron chi connectivity index (χ4n) is 3.17. The number of carbonyl (C=O) groups excluding carboxylic acids is 2. The van der Waals surface area contributed by atoms with Crippen LogP contribution >= 0.6 is 0 Å². The molecule has 0 spiro atoms. The van der Waals surface area contributed by atoms with Crippen molar-refractivity contribution in [3.63, 3.8) is 0 Å². The second kappa shape index (κ2) is 8.17. The Morgan fingerprint density at radius 2 is 1.89 bits per heavy atom. The number of nitrogens with two attached hydrogens (primary N) is 1. The molecule has 28 heavy (non-hydrogen) atoms. The second-order valence-electron chi connectivity index (χ2n) is 7.12. The summed E-state index contributed by atoms with van der Waals surface area (Å²) in [5.74, 6) is 0.228. The van der Waals surface area contributed by atoms with E-state index in [0.29, 0.717) is 17.4 Å². The predicted molar refractivity (Wildman–Crippen MR) is 109 cm³/mol. The van der Waals surface area contributed by atoms with E-state index in [0.717, 1.165) is 16.5 Å². The molecule has 0 aliphatic rings. The van der Waals surface area contributed by atoms with E-state index >= 15 is 0 Å². The summed E-state index contributed by atoms with van der Waals surface area (Å²) in [6, 6.07) is 10.9. The molecule has 0 unspecified atom stereocenters. The van der Waals surface area contributed by atoms with Crippen molar-refractivity contribution < 1.29 is 18.7 Å². The van der Waals surface area contributed by atoms with Gasteiger partial charge in [-0.2, -0.15) is 0 Å². The Morgan fingerprint density at radius 1 is 1.18 bits per heavy atom. The third-order valence-electron chi connectivity index (χ3n) is 4.53. The topological polar surface area (TPSA) is 94.6 Å². The molecule has 146 valence electrons. The summed E-state index contributed by atoms with van der Waals surface area (Å²) in [5.41, 5.74) is 9.77. The van der Waals surface area contributed by atoms with Gasteiger partial charge in [0.05, 0.1) is 12.7 Å². The molecule has 1 aromatic heterocycles. The van der Waals surface area contributed by atoms with Crippen LogP contribution in [0.1, 0.15) is 36.5 Å². The van der Waals surface area contributed by atoms with Crippen molar-refractivity contribution >= 4 is 28.5 Å². The Morgan fingerprint density at radius 3 is 2.54 bits per heavy atom. The lowest BCUT2D eigenvalue weighted by atomic mass is 9.95. The minimum absolute atomic E-state index is 0.139. The number of aryl methyl sites for hydroxylation is 1. The van der Waals surface area contributed by atoms with Crippen LogP contribution in [0.2, 0.25) is 0 Å². The van der Waals surface area contributed by atoms with Crippen molar-refractivity contribution in [1.82, 2.24) is 0 Å². The average Bonchev–Trinajstić information content (AvgIpc) is 3.01. The van der Waals surface area contributed by atoms with Gasteiger partial charge in [0.1, 0.15) is 11.3 Å². The summed E-state index contributed by atoms with van der Waals surface area (Å²) in [6.07, 6.45) is 1.86. The van der Waals surface area contributed by atoms with E-state index in [4.69, 9.17) is 14.9 Å². The van der Waals surface area contributed by atoms with Crippen LogP contribution in [0.3, 0.4) is 0 Å². The summed E-state index contributed by atoms with van der Waals surface area (Å²) >= 11 is 0. The number of fused-ring (bicyclic) bond motifs is 1. The van der Waals surface area contributed by atoms with Crippen LogP contribution < -0.4 is 15.8 Å². The zero-order valence-corrected chi connectivity index (χ0v) is 16.2. The van der Waals surface area contributed by atoms with E-state index in [1.807, 2.05) is 6.07 Å². The molecule has 6 nitrogen and oxygen atoms in total. The summed E-state index contributed by atoms with van der Waals surface area (Å²) in [6.45, 7) is 6.19. The smallest absolute Gasteiger partial charge is 0.255 e. The molecule has 0 aliphatic carbocycles. The van der Waals surface area contributed by atoms with Crippen LogP contribution in [0, 0.1) is 6.92 Å². The molecule has 0 saturated carbocycles. The highest BCUT2D eigenvalue weighted by Crippen LogP contribution is 2.29. The lowest BCUT2D eigenvalue weighted by Gasteiger charge is -2.10. The molecule has 3 N–H and O–H groups in total. The van der Waals surface area contributed by atoms with Gasteiger partial charge in [-0.15, -0.1) is 0 Å². The Balaban J connectivity index is 1.69. The minimum Gasteiger partial charge on any atom is -0.484 e. The van der Waals surface area contributed by atoms with Crippen LogP contribution in [0.15, 0.2) is 47.1 Å². The molecule has 0 saturated heterocycles. The zero-order chi connectivity index (χ0) is 20.3. The summed E-state index contributed by atoms with van der Waals surface area (Å²) in [7, 11) is 0. The molecule has 0 fully saturated rings. The lowest BCUT2D eigenvalue weighted by Crippen LogP contribution is -2.20. The first-order chi connectivity index (χ1) is 13.3. The van der Waals surface area contributed by atoms with Gasteiger partial charge < -0.3 is 20.2 Å². The van der Waals surface area contributed by atoms with Crippen molar-refractivity contribution in [2.24, 2.45) is 5.73 Å². The maximum Gasteiger partial charge on any atom is 0.255 e. The highest BCUT2D eigenvalue weighted by Gasteiger charge is 2.14. The largest absolute Gasteiger partial charge is 0.484 e. The Labute approximate surface area is 163 Å². The Kier molecular flexibility index (Phi) is 5.68. The molecule has 6 heteroatoms. The van der Waals surface area contributed by atoms with Gasteiger partial charge in [-0.05, 0) is 60.4 Å². The molecule has 0 atom stereocenters. The number of primary amides is 1. The molecule has 2 aromatic carbocycles. The molecular weight excluding hydrogens is 356 g/mol. The first-order valence-electron chi connectivity index (χ1n) is 9.15. The molecule has 3 rings (SSSR count). The van der Waals surface area contributed by atoms with E-state index in [-0.39, 0.29) is 18.9 Å². The van der Waals surface area contributed by atoms with Crippen LogP contribution in [-0.2, 0) is 16.0 Å². The number of anilines is 1. The summed E-state index contributed by atoms with van der Waals surface area (Å²) in [5, 5.41) is 3.83. The lowest BCUT2D eigenvalue weighted by molar-refractivity contribution is -0.120. The van der Waals surface area contributed by atoms with Crippen molar-refractivity contribution in [1.29, 1.82) is 0 Å². The molecule has 3 aromatic rings. The van der Waals surface area contributed by atoms with Crippen molar-refractivity contribution in [2.75, 3.05) is 11.9 Å². The Bertz CT molecular complexity index is 1000. The number of hydrogen-bond acceptors (Lipinski definition) is 4. The SMILES string of the molecule is Cc1cc2occ(CC(=O)Nc3ccc(OCC(N)=O)cc3)c2cc1C(C)C. The molecule has 0 aliphatic heterocycles. The molecule has 2 amide bonds. The van der Waals surface area contributed by atoms with Gasteiger partial charge in [0, 0.05) is 16.6 Å². The van der Waals surface area contributed by atoms with E-state index < -0.39 is 5.91 Å². The molecule has 0 radical (unpaired) electrons. The van der Waals surface area contributed by atoms with Crippen LogP contribution in [0.4, 0.5) is 5.69 Å². The van der Waals surface area contributed by atoms with Gasteiger partial charge >= 0.3 is 0 Å². The van der Waals surface area contributed by atoms with Gasteiger partial charge in [-0.1, -0.05) is 13.8 Å². The van der Waals surface area contributed by atoms with Gasteiger partial charge in [0.2, 0.25) is 5.91 Å². The van der Waals surface area contributed by atoms with E-state index in [1.54, 1.807) is 30.5 Å². The number of benzene rings is 2. The molecule has 0 bridgehead atoms. The van der Waals surface area contributed by atoms with Crippen LogP contribution in [-0.4, -0.2) is 18.4 Å². The third-order valence-corrected chi connectivity index (χ3v) is 4.53. The standard InChI is InChI=1S/C22H24N2O4/c1-13(2)18-10-19-15(11-28-20(19)8-14(18)3)9-22(26)24-16-4-6-17(7-5-16)27-12-21(23)25/h4-8,10-11,13H,9,12H2,1-3H3,(H2,23,25)(H,24,26). The van der Waals surface area contributed by atoms with E-state index in [2.05, 4.69) is 32.2 Å². The van der Waals surface area contributed by atoms with Gasteiger partial charge in [0.25, 0.3) is 5.91 Å². The number of ether oxygens (including phenoxy) is 1. The number of hydrogen-bond donors (Lipinski definition) is 2. The highest BCUT2D eigenvalue weighted by molar-refractivity contribution is 5.95. The number of nitrogens with one attached hydrogen (secondary N) is 1. The highest BCUT2D eigenvalue weighted by atomic mass is 16.5. The summed E-state index contributed by atoms with van der Waals surface area (Å²) < 4.78 is 10.8. The second-order valence-corrected chi connectivity index (χ2v) is 7.12. The number of rotatable bonds is 7. The zero-order valence-electron chi connectivity index (χ0n) is 16.2. The number of carbonyl (C=O) groups is 2. The van der Waals surface area contributed by atoms with Gasteiger partial charge in [0.15, 0.2) is 6.61 Å². The first-order valence-corrected chi connectivity index (χ1v) is 9.15. The summed E-state index contributed by atoms with van der Waals surface area (Å²) in [4.78, 5) is 23.2. The van der Waals surface area contributed by atoms with E-state index in [9.17, 15) is 9.59 Å².